The molecule has 214 valence electrons. The average Bonchev–Trinajstić information content (AvgIpc) is 3.69. The maximum Gasteiger partial charge on any atom is 0.302 e. The molecule has 4 atom stereocenters. The zero-order valence-electron chi connectivity index (χ0n) is 25.6. The monoisotopic (exact) mass is 564 g/mol. The highest BCUT2D eigenvalue weighted by Crippen LogP contribution is 2.68. The van der Waals surface area contributed by atoms with Gasteiger partial charge in [0.25, 0.3) is 0 Å². The Morgan fingerprint density at radius 3 is 1.86 bits per heavy atom. The van der Waals surface area contributed by atoms with Gasteiger partial charge < -0.3 is 18.6 Å². The van der Waals surface area contributed by atoms with Crippen molar-refractivity contribution < 1.29 is 8.83 Å². The average molecular weight is 565 g/mol. The first-order valence-corrected chi connectivity index (χ1v) is 16.7. The Kier molecular flexibility index (Phi) is 3.89. The fourth-order valence-corrected chi connectivity index (χ4v) is 11.4. The summed E-state index contributed by atoms with van der Waals surface area (Å²) in [4.78, 5) is 5.52. The van der Waals surface area contributed by atoms with Gasteiger partial charge in [-0.15, -0.1) is 0 Å². The van der Waals surface area contributed by atoms with E-state index >= 15 is 0 Å². The fraction of sp³-hybridized carbons (Fsp3) is 0.421. The lowest BCUT2D eigenvalue weighted by Crippen LogP contribution is -2.65. The lowest BCUT2D eigenvalue weighted by Gasteiger charge is -2.52. The van der Waals surface area contributed by atoms with E-state index in [0.29, 0.717) is 0 Å². The van der Waals surface area contributed by atoms with Gasteiger partial charge in [-0.2, -0.15) is 0 Å². The summed E-state index contributed by atoms with van der Waals surface area (Å²) in [6.07, 6.45) is 9.96. The number of hydrogen-bond donors (Lipinski definition) is 0. The largest absolute Gasteiger partial charge is 0.468 e. The second-order valence-electron chi connectivity index (χ2n) is 15.4. The topological polar surface area (TPSA) is 32.8 Å². The van der Waals surface area contributed by atoms with E-state index in [0.717, 1.165) is 22.7 Å². The van der Waals surface area contributed by atoms with Crippen LogP contribution in [-0.4, -0.2) is 17.8 Å². The number of furan rings is 2. The summed E-state index contributed by atoms with van der Waals surface area (Å²) in [6, 6.07) is 20.2. The maximum absolute atomic E-state index is 7.09. The predicted molar refractivity (Wildman–Crippen MR) is 176 cm³/mol. The van der Waals surface area contributed by atoms with E-state index < -0.39 is 0 Å². The Bertz CT molecular complexity index is 2110. The molecule has 0 N–H and O–H groups in total. The SMILES string of the molecule is CC12CCCCC1(C)N1c3oc4ccccc4c3B3c4oc5ccccc5c4N4c5c(cc2c1c53)C1(C)CCCCC41C. The van der Waals surface area contributed by atoms with Gasteiger partial charge in [0.05, 0.1) is 22.4 Å². The zero-order valence-corrected chi connectivity index (χ0v) is 25.6. The van der Waals surface area contributed by atoms with Crippen molar-refractivity contribution in [1.82, 2.24) is 0 Å². The van der Waals surface area contributed by atoms with Gasteiger partial charge in [0.15, 0.2) is 5.88 Å². The molecular formula is C38H37BN2O2. The highest BCUT2D eigenvalue weighted by molar-refractivity contribution is 7.01. The van der Waals surface area contributed by atoms with Crippen LogP contribution in [0.2, 0.25) is 0 Å². The number of benzene rings is 3. The van der Waals surface area contributed by atoms with Gasteiger partial charge in [0.1, 0.15) is 11.2 Å². The van der Waals surface area contributed by atoms with Crippen molar-refractivity contribution in [2.24, 2.45) is 0 Å². The molecule has 43 heavy (non-hydrogen) atoms. The molecule has 5 aromatic rings. The molecule has 4 unspecified atom stereocenters. The van der Waals surface area contributed by atoms with Gasteiger partial charge in [0, 0.05) is 38.4 Å². The summed E-state index contributed by atoms with van der Waals surface area (Å²) in [5.74, 6) is 1.06. The molecule has 0 bridgehead atoms. The first-order chi connectivity index (χ1) is 20.8. The van der Waals surface area contributed by atoms with Gasteiger partial charge in [0.2, 0.25) is 0 Å². The van der Waals surface area contributed by atoms with Crippen molar-refractivity contribution in [2.45, 2.75) is 101 Å². The number of rotatable bonds is 0. The molecule has 5 heteroatoms. The lowest BCUT2D eigenvalue weighted by molar-refractivity contribution is 0.187. The first kappa shape index (κ1) is 23.8. The third-order valence-electron chi connectivity index (χ3n) is 14.0. The molecule has 2 fully saturated rings. The van der Waals surface area contributed by atoms with Crippen molar-refractivity contribution in [2.75, 3.05) is 9.80 Å². The van der Waals surface area contributed by atoms with Crippen molar-refractivity contribution in [1.29, 1.82) is 0 Å². The molecule has 2 aromatic heterocycles. The van der Waals surface area contributed by atoms with E-state index in [2.05, 4.69) is 92.1 Å². The Morgan fingerprint density at radius 2 is 1.16 bits per heavy atom. The molecule has 4 nitrogen and oxygen atoms in total. The summed E-state index contributed by atoms with van der Waals surface area (Å²) in [5, 5.41) is 2.48. The lowest BCUT2D eigenvalue weighted by atomic mass is 9.35. The van der Waals surface area contributed by atoms with Crippen LogP contribution in [0.4, 0.5) is 22.9 Å². The van der Waals surface area contributed by atoms with Crippen LogP contribution in [-0.2, 0) is 10.8 Å². The summed E-state index contributed by atoms with van der Waals surface area (Å²) in [6.45, 7) is 10.3. The molecule has 0 saturated heterocycles. The van der Waals surface area contributed by atoms with E-state index in [9.17, 15) is 0 Å². The quantitative estimate of drug-likeness (QED) is 0.180. The third-order valence-corrected chi connectivity index (χ3v) is 14.0. The molecule has 0 spiro atoms. The number of fused-ring (bicyclic) bond motifs is 16. The van der Waals surface area contributed by atoms with Gasteiger partial charge in [-0.25, -0.2) is 0 Å². The summed E-state index contributed by atoms with van der Waals surface area (Å²) >= 11 is 0. The van der Waals surface area contributed by atoms with Gasteiger partial charge in [-0.3, -0.25) is 0 Å². The smallest absolute Gasteiger partial charge is 0.302 e. The Balaban J connectivity index is 1.38. The minimum Gasteiger partial charge on any atom is -0.468 e. The third kappa shape index (κ3) is 2.25. The van der Waals surface area contributed by atoms with E-state index in [4.69, 9.17) is 8.83 Å². The molecular weight excluding hydrogens is 527 g/mol. The fourth-order valence-electron chi connectivity index (χ4n) is 11.4. The highest BCUT2D eigenvalue weighted by atomic mass is 16.4. The van der Waals surface area contributed by atoms with Crippen molar-refractivity contribution in [3.8, 4) is 0 Å². The van der Waals surface area contributed by atoms with E-state index in [-0.39, 0.29) is 28.6 Å². The number of nitrogens with zero attached hydrogens (tertiary/aromatic N) is 2. The minimum atomic E-state index is -0.0392. The van der Waals surface area contributed by atoms with Gasteiger partial charge in [-0.1, -0.05) is 75.9 Å². The Morgan fingerprint density at radius 1 is 0.605 bits per heavy atom. The molecule has 4 aliphatic heterocycles. The van der Waals surface area contributed by atoms with Crippen LogP contribution < -0.4 is 26.4 Å². The standard InChI is InChI=1S/C38H37BN2O2/c1-35-17-9-11-19-37(35,3)40-30-23-14-6-8-16-27(23)42-33(30)39-28-22-13-5-7-15-26(22)43-34(28)41-32-25(21-24(35)31(40)29(32)39)36(2)18-10-12-20-38(36,41)4/h5-8,13-16,21H,9-12,17-20H2,1-4H3. The van der Waals surface area contributed by atoms with Crippen molar-refractivity contribution in [3.05, 3.63) is 65.7 Å². The summed E-state index contributed by atoms with van der Waals surface area (Å²) in [7, 11) is 0. The van der Waals surface area contributed by atoms with Crippen LogP contribution in [0.15, 0.2) is 63.4 Å². The van der Waals surface area contributed by atoms with Gasteiger partial charge >= 0.3 is 6.71 Å². The Hall–Kier alpha value is -3.60. The van der Waals surface area contributed by atoms with Crippen LogP contribution >= 0.6 is 0 Å². The van der Waals surface area contributed by atoms with Gasteiger partial charge in [-0.05, 0) is 74.3 Å². The maximum atomic E-state index is 7.09. The number of hydrogen-bond acceptors (Lipinski definition) is 4. The van der Waals surface area contributed by atoms with E-state index in [1.807, 2.05) is 0 Å². The molecule has 0 radical (unpaired) electrons. The minimum absolute atomic E-state index is 0.00805. The summed E-state index contributed by atoms with van der Waals surface area (Å²) < 4.78 is 14.1. The Labute approximate surface area is 253 Å². The van der Waals surface area contributed by atoms with E-state index in [1.165, 1.54) is 90.1 Å². The van der Waals surface area contributed by atoms with Crippen LogP contribution in [0.25, 0.3) is 21.9 Å². The number of para-hydroxylation sites is 2. The zero-order chi connectivity index (χ0) is 28.7. The predicted octanol–water partition coefficient (Wildman–Crippen LogP) is 7.81. The molecule has 2 saturated carbocycles. The molecule has 2 aliphatic carbocycles. The molecule has 6 heterocycles. The molecule has 6 aliphatic rings. The highest BCUT2D eigenvalue weighted by Gasteiger charge is 2.68. The first-order valence-electron chi connectivity index (χ1n) is 16.7. The normalized spacial score (nSPS) is 32.6. The molecule has 0 amide bonds. The van der Waals surface area contributed by atoms with Crippen LogP contribution in [0.3, 0.4) is 0 Å². The molecule has 11 rings (SSSR count). The molecule has 3 aromatic carbocycles. The van der Waals surface area contributed by atoms with E-state index in [1.54, 1.807) is 11.1 Å². The second kappa shape index (κ2) is 7.03. The number of anilines is 4. The van der Waals surface area contributed by atoms with Crippen LogP contribution in [0, 0.1) is 0 Å². The van der Waals surface area contributed by atoms with Crippen molar-refractivity contribution in [3.63, 3.8) is 0 Å². The summed E-state index contributed by atoms with van der Waals surface area (Å²) in [5.41, 5.74) is 13.4. The second-order valence-corrected chi connectivity index (χ2v) is 15.4. The van der Waals surface area contributed by atoms with Crippen LogP contribution in [0.5, 0.6) is 0 Å². The van der Waals surface area contributed by atoms with Crippen LogP contribution in [0.1, 0.15) is 90.2 Å². The van der Waals surface area contributed by atoms with Crippen molar-refractivity contribution >= 4 is 68.2 Å².